The summed E-state index contributed by atoms with van der Waals surface area (Å²) in [6, 6.07) is 16.9. The minimum absolute atomic E-state index is 0.163. The van der Waals surface area contributed by atoms with Gasteiger partial charge in [-0.2, -0.15) is 0 Å². The number of anilines is 3. The van der Waals surface area contributed by atoms with Crippen LogP contribution in [0.3, 0.4) is 0 Å². The molecule has 0 radical (unpaired) electrons. The van der Waals surface area contributed by atoms with Crippen LogP contribution in [0.1, 0.15) is 28.4 Å². The van der Waals surface area contributed by atoms with E-state index in [1.807, 2.05) is 54.3 Å². The van der Waals surface area contributed by atoms with E-state index in [0.29, 0.717) is 47.6 Å². The molecular formula is C29H27ClN4O4. The number of halogens is 1. The normalized spacial score (nSPS) is 12.7. The van der Waals surface area contributed by atoms with Crippen molar-refractivity contribution in [2.24, 2.45) is 0 Å². The standard InChI is InChI=1S/C29H27ClN4O4/c1-4-34-27-22(29(36)33(2)23-10-12-25(30)32-28(23)34)15-18(17-31-27)13-14-38-24-11-9-19(16-26(35)37-3)20-7-5-6-8-21(20)24/h5-12,15,17H,4,13-14,16H2,1-3H3. The number of esters is 1. The molecule has 38 heavy (non-hydrogen) atoms. The lowest BCUT2D eigenvalue weighted by Crippen LogP contribution is -2.25. The number of carbonyl (C=O) groups is 2. The van der Waals surface area contributed by atoms with Crippen LogP contribution < -0.4 is 14.5 Å². The highest BCUT2D eigenvalue weighted by atomic mass is 35.5. The number of methoxy groups -OCH3 is 1. The summed E-state index contributed by atoms with van der Waals surface area (Å²) in [6.45, 7) is 2.94. The van der Waals surface area contributed by atoms with Gasteiger partial charge in [-0.05, 0) is 47.7 Å². The molecule has 3 heterocycles. The van der Waals surface area contributed by atoms with Crippen LogP contribution in [0.15, 0.2) is 60.8 Å². The molecule has 4 aromatic rings. The van der Waals surface area contributed by atoms with E-state index in [1.165, 1.54) is 7.11 Å². The van der Waals surface area contributed by atoms with Gasteiger partial charge < -0.3 is 19.3 Å². The highest BCUT2D eigenvalue weighted by Gasteiger charge is 2.31. The first-order valence-corrected chi connectivity index (χ1v) is 12.7. The Balaban J connectivity index is 1.38. The summed E-state index contributed by atoms with van der Waals surface area (Å²) in [6.07, 6.45) is 2.52. The van der Waals surface area contributed by atoms with E-state index in [1.54, 1.807) is 30.3 Å². The predicted octanol–water partition coefficient (Wildman–Crippen LogP) is 5.37. The number of pyridine rings is 2. The largest absolute Gasteiger partial charge is 0.493 e. The molecule has 1 aliphatic heterocycles. The second-order valence-electron chi connectivity index (χ2n) is 8.92. The SMILES string of the molecule is CCN1c2ncc(CCOc3ccc(CC(=O)OC)c4ccccc34)cc2C(=O)N(C)c2ccc(Cl)nc21. The van der Waals surface area contributed by atoms with Crippen LogP contribution >= 0.6 is 11.6 Å². The minimum atomic E-state index is -0.289. The van der Waals surface area contributed by atoms with Crippen molar-refractivity contribution >= 4 is 51.6 Å². The summed E-state index contributed by atoms with van der Waals surface area (Å²) in [7, 11) is 3.11. The zero-order valence-electron chi connectivity index (χ0n) is 21.4. The van der Waals surface area contributed by atoms with Crippen molar-refractivity contribution < 1.29 is 19.1 Å². The Morgan fingerprint density at radius 1 is 1.05 bits per heavy atom. The zero-order chi connectivity index (χ0) is 26.8. The van der Waals surface area contributed by atoms with Gasteiger partial charge in [-0.3, -0.25) is 9.59 Å². The Labute approximate surface area is 225 Å². The summed E-state index contributed by atoms with van der Waals surface area (Å²) in [5, 5.41) is 2.23. The maximum absolute atomic E-state index is 13.4. The molecule has 0 N–H and O–H groups in total. The van der Waals surface area contributed by atoms with Gasteiger partial charge in [-0.15, -0.1) is 0 Å². The number of hydrogen-bond acceptors (Lipinski definition) is 7. The van der Waals surface area contributed by atoms with Crippen molar-refractivity contribution in [1.82, 2.24) is 9.97 Å². The van der Waals surface area contributed by atoms with Gasteiger partial charge in [0.1, 0.15) is 16.7 Å². The first-order valence-electron chi connectivity index (χ1n) is 12.3. The molecule has 8 nitrogen and oxygen atoms in total. The van der Waals surface area contributed by atoms with Gasteiger partial charge >= 0.3 is 5.97 Å². The van der Waals surface area contributed by atoms with Gasteiger partial charge in [0, 0.05) is 31.6 Å². The Bertz CT molecular complexity index is 1540. The molecule has 1 amide bonds. The summed E-state index contributed by atoms with van der Waals surface area (Å²) in [5.41, 5.74) is 2.94. The quantitative estimate of drug-likeness (QED) is 0.234. The fourth-order valence-corrected chi connectivity index (χ4v) is 4.84. The van der Waals surface area contributed by atoms with Gasteiger partial charge in [-0.25, -0.2) is 9.97 Å². The molecule has 194 valence electrons. The van der Waals surface area contributed by atoms with Crippen LogP contribution in [-0.4, -0.2) is 49.2 Å². The summed E-state index contributed by atoms with van der Waals surface area (Å²) < 4.78 is 11.0. The number of hydrogen-bond donors (Lipinski definition) is 0. The van der Waals surface area contributed by atoms with Crippen LogP contribution in [0, 0.1) is 0 Å². The van der Waals surface area contributed by atoms with Gasteiger partial charge in [0.15, 0.2) is 5.82 Å². The van der Waals surface area contributed by atoms with Crippen molar-refractivity contribution in [2.75, 3.05) is 37.1 Å². The van der Waals surface area contributed by atoms with Gasteiger partial charge in [0.25, 0.3) is 5.91 Å². The van der Waals surface area contributed by atoms with Crippen molar-refractivity contribution in [3.05, 3.63) is 82.6 Å². The zero-order valence-corrected chi connectivity index (χ0v) is 22.2. The number of fused-ring (bicyclic) bond motifs is 3. The topological polar surface area (TPSA) is 84.9 Å². The van der Waals surface area contributed by atoms with Crippen LogP contribution in [0.5, 0.6) is 5.75 Å². The number of ether oxygens (including phenoxy) is 2. The van der Waals surface area contributed by atoms with E-state index in [2.05, 4.69) is 9.97 Å². The average molecular weight is 531 g/mol. The van der Waals surface area contributed by atoms with E-state index < -0.39 is 0 Å². The lowest BCUT2D eigenvalue weighted by Gasteiger charge is -2.23. The molecule has 0 aliphatic carbocycles. The molecule has 5 rings (SSSR count). The maximum Gasteiger partial charge on any atom is 0.309 e. The van der Waals surface area contributed by atoms with E-state index in [9.17, 15) is 9.59 Å². The highest BCUT2D eigenvalue weighted by Crippen LogP contribution is 2.38. The number of amides is 1. The number of nitrogens with zero attached hydrogens (tertiary/aromatic N) is 4. The molecule has 0 spiro atoms. The number of aromatic nitrogens is 2. The third-order valence-corrected chi connectivity index (χ3v) is 6.86. The first-order chi connectivity index (χ1) is 18.4. The van der Waals surface area contributed by atoms with E-state index >= 15 is 0 Å². The number of benzene rings is 2. The molecule has 0 atom stereocenters. The Kier molecular flexibility index (Phi) is 7.15. The third kappa shape index (κ3) is 4.75. The molecule has 0 saturated heterocycles. The Morgan fingerprint density at radius 2 is 1.84 bits per heavy atom. The minimum Gasteiger partial charge on any atom is -0.493 e. The smallest absolute Gasteiger partial charge is 0.309 e. The fraction of sp³-hybridized carbons (Fsp3) is 0.241. The fourth-order valence-electron chi connectivity index (χ4n) is 4.70. The molecule has 2 aromatic carbocycles. The van der Waals surface area contributed by atoms with Crippen LogP contribution in [0.4, 0.5) is 17.3 Å². The summed E-state index contributed by atoms with van der Waals surface area (Å²) >= 11 is 6.17. The predicted molar refractivity (Wildman–Crippen MR) is 148 cm³/mol. The summed E-state index contributed by atoms with van der Waals surface area (Å²) in [4.78, 5) is 37.9. The van der Waals surface area contributed by atoms with Crippen LogP contribution in [0.25, 0.3) is 10.8 Å². The molecule has 2 aromatic heterocycles. The molecular weight excluding hydrogens is 504 g/mol. The number of carbonyl (C=O) groups excluding carboxylic acids is 2. The molecule has 0 unspecified atom stereocenters. The second kappa shape index (κ2) is 10.7. The molecule has 0 bridgehead atoms. The van der Waals surface area contributed by atoms with Crippen molar-refractivity contribution in [2.45, 2.75) is 19.8 Å². The first kappa shape index (κ1) is 25.5. The van der Waals surface area contributed by atoms with Crippen molar-refractivity contribution in [3.8, 4) is 5.75 Å². The highest BCUT2D eigenvalue weighted by molar-refractivity contribution is 6.29. The maximum atomic E-state index is 13.4. The lowest BCUT2D eigenvalue weighted by atomic mass is 10.0. The van der Waals surface area contributed by atoms with E-state index in [0.717, 1.165) is 27.6 Å². The van der Waals surface area contributed by atoms with Crippen molar-refractivity contribution in [1.29, 1.82) is 0 Å². The lowest BCUT2D eigenvalue weighted by molar-refractivity contribution is -0.139. The molecule has 9 heteroatoms. The average Bonchev–Trinajstić information content (AvgIpc) is 3.02. The number of rotatable bonds is 7. The third-order valence-electron chi connectivity index (χ3n) is 6.65. The van der Waals surface area contributed by atoms with E-state index in [-0.39, 0.29) is 18.3 Å². The second-order valence-corrected chi connectivity index (χ2v) is 9.31. The van der Waals surface area contributed by atoms with Gasteiger partial charge in [-0.1, -0.05) is 41.9 Å². The molecule has 0 saturated carbocycles. The van der Waals surface area contributed by atoms with Gasteiger partial charge in [0.2, 0.25) is 0 Å². The molecule has 1 aliphatic rings. The summed E-state index contributed by atoms with van der Waals surface area (Å²) in [5.74, 6) is 1.42. The van der Waals surface area contributed by atoms with Crippen molar-refractivity contribution in [3.63, 3.8) is 0 Å². The molecule has 0 fully saturated rings. The van der Waals surface area contributed by atoms with Crippen LogP contribution in [-0.2, 0) is 22.4 Å². The van der Waals surface area contributed by atoms with Gasteiger partial charge in [0.05, 0.1) is 31.4 Å². The monoisotopic (exact) mass is 530 g/mol. The Hall–Kier alpha value is -4.17. The van der Waals surface area contributed by atoms with E-state index in [4.69, 9.17) is 21.1 Å². The Morgan fingerprint density at radius 3 is 2.61 bits per heavy atom. The van der Waals surface area contributed by atoms with Crippen LogP contribution in [0.2, 0.25) is 5.15 Å².